The molecule has 1 aliphatic heterocycles. The highest BCUT2D eigenvalue weighted by atomic mass is 35.5. The molecule has 1 heterocycles. The van der Waals surface area contributed by atoms with E-state index in [0.29, 0.717) is 5.88 Å². The van der Waals surface area contributed by atoms with Gasteiger partial charge >= 0.3 is 0 Å². The molecule has 0 saturated heterocycles. The number of benzene rings is 1. The second-order valence-electron chi connectivity index (χ2n) is 3.44. The third kappa shape index (κ3) is 1.55. The van der Waals surface area contributed by atoms with E-state index in [9.17, 15) is 0 Å². The normalized spacial score (nSPS) is 14.7. The van der Waals surface area contributed by atoms with Crippen molar-refractivity contribution in [2.24, 2.45) is 0 Å². The Labute approximate surface area is 90.1 Å². The fraction of sp³-hybridized carbons (Fsp3) is 0.455. The van der Waals surface area contributed by atoms with Crippen molar-refractivity contribution in [2.75, 3.05) is 35.4 Å². The van der Waals surface area contributed by atoms with Gasteiger partial charge in [-0.05, 0) is 19.1 Å². The summed E-state index contributed by atoms with van der Waals surface area (Å²) < 4.78 is 0. The maximum absolute atomic E-state index is 5.78. The number of hydrogen-bond donors (Lipinski definition) is 0. The molecule has 0 aromatic heterocycles. The fourth-order valence-corrected chi connectivity index (χ4v) is 2.12. The van der Waals surface area contributed by atoms with Crippen LogP contribution < -0.4 is 9.80 Å². The van der Waals surface area contributed by atoms with Gasteiger partial charge in [-0.1, -0.05) is 12.1 Å². The maximum atomic E-state index is 5.78. The van der Waals surface area contributed by atoms with Crippen LogP contribution in [-0.4, -0.2) is 25.6 Å². The molecular formula is C11H15ClN2. The Kier molecular flexibility index (Phi) is 2.82. The Balaban J connectivity index is 2.29. The first-order valence-corrected chi connectivity index (χ1v) is 5.55. The number of fused-ring (bicyclic) bond motifs is 1. The van der Waals surface area contributed by atoms with Crippen molar-refractivity contribution >= 4 is 23.0 Å². The van der Waals surface area contributed by atoms with E-state index in [-0.39, 0.29) is 0 Å². The molecule has 0 amide bonds. The average molecular weight is 211 g/mol. The zero-order valence-corrected chi connectivity index (χ0v) is 9.17. The summed E-state index contributed by atoms with van der Waals surface area (Å²) in [5.41, 5.74) is 2.65. The van der Waals surface area contributed by atoms with Gasteiger partial charge in [0.15, 0.2) is 0 Å². The average Bonchev–Trinajstić information content (AvgIpc) is 2.58. The minimum Gasteiger partial charge on any atom is -0.352 e. The Bertz CT molecular complexity index is 314. The van der Waals surface area contributed by atoms with Gasteiger partial charge in [0.1, 0.15) is 0 Å². The molecule has 3 heteroatoms. The second kappa shape index (κ2) is 4.09. The fourth-order valence-electron chi connectivity index (χ4n) is 1.92. The lowest BCUT2D eigenvalue weighted by atomic mass is 10.2. The first-order valence-electron chi connectivity index (χ1n) is 5.01. The smallest absolute Gasteiger partial charge is 0.0904 e. The highest BCUT2D eigenvalue weighted by molar-refractivity contribution is 6.18. The molecule has 0 N–H and O–H groups in total. The Morgan fingerprint density at radius 3 is 2.43 bits per heavy atom. The topological polar surface area (TPSA) is 6.48 Å². The molecule has 2 nitrogen and oxygen atoms in total. The minimum atomic E-state index is 0.686. The summed E-state index contributed by atoms with van der Waals surface area (Å²) in [6.07, 6.45) is 0. The number of nitrogens with zero attached hydrogens (tertiary/aromatic N) is 2. The first kappa shape index (κ1) is 9.66. The molecule has 0 fully saturated rings. The van der Waals surface area contributed by atoms with Crippen molar-refractivity contribution in [3.05, 3.63) is 24.3 Å². The molecule has 0 radical (unpaired) electrons. The third-order valence-corrected chi connectivity index (χ3v) is 2.81. The predicted octanol–water partition coefficient (Wildman–Crippen LogP) is 2.53. The van der Waals surface area contributed by atoms with Crippen molar-refractivity contribution in [1.29, 1.82) is 0 Å². The molecule has 0 unspecified atom stereocenters. The molecule has 0 saturated carbocycles. The van der Waals surface area contributed by atoms with Gasteiger partial charge in [-0.25, -0.2) is 0 Å². The summed E-state index contributed by atoms with van der Waals surface area (Å²) in [5, 5.41) is 0. The highest BCUT2D eigenvalue weighted by Gasteiger charge is 2.22. The van der Waals surface area contributed by atoms with Crippen LogP contribution in [0.3, 0.4) is 0 Å². The van der Waals surface area contributed by atoms with Gasteiger partial charge in [-0.2, -0.15) is 0 Å². The lowest BCUT2D eigenvalue weighted by Crippen LogP contribution is -2.31. The molecule has 0 bridgehead atoms. The molecule has 1 aromatic carbocycles. The van der Waals surface area contributed by atoms with Gasteiger partial charge < -0.3 is 9.80 Å². The summed E-state index contributed by atoms with van der Waals surface area (Å²) in [6, 6.07) is 8.51. The van der Waals surface area contributed by atoms with Crippen molar-refractivity contribution in [2.45, 2.75) is 6.92 Å². The summed E-state index contributed by atoms with van der Waals surface area (Å²) in [6.45, 7) is 5.13. The zero-order chi connectivity index (χ0) is 9.97. The quantitative estimate of drug-likeness (QED) is 0.708. The molecule has 1 aromatic rings. The molecule has 14 heavy (non-hydrogen) atoms. The monoisotopic (exact) mass is 210 g/mol. The second-order valence-corrected chi connectivity index (χ2v) is 3.82. The van der Waals surface area contributed by atoms with Crippen LogP contribution in [0.15, 0.2) is 24.3 Å². The first-order chi connectivity index (χ1) is 6.86. The SMILES string of the molecule is CCN1CN(CCCl)c2ccccc21. The molecular weight excluding hydrogens is 196 g/mol. The van der Waals surface area contributed by atoms with Gasteiger partial charge in [0, 0.05) is 19.0 Å². The van der Waals surface area contributed by atoms with Crippen LogP contribution in [0.4, 0.5) is 11.4 Å². The van der Waals surface area contributed by atoms with Crippen LogP contribution in [-0.2, 0) is 0 Å². The van der Waals surface area contributed by atoms with Crippen LogP contribution in [0, 0.1) is 0 Å². The standard InChI is InChI=1S/C11H15ClN2/c1-2-13-9-14(8-7-12)11-6-4-3-5-10(11)13/h3-6H,2,7-9H2,1H3. The third-order valence-electron chi connectivity index (χ3n) is 2.64. The van der Waals surface area contributed by atoms with Gasteiger partial charge in [0.2, 0.25) is 0 Å². The molecule has 1 aliphatic rings. The number of hydrogen-bond acceptors (Lipinski definition) is 2. The van der Waals surface area contributed by atoms with E-state index in [4.69, 9.17) is 11.6 Å². The van der Waals surface area contributed by atoms with E-state index < -0.39 is 0 Å². The van der Waals surface area contributed by atoms with Gasteiger partial charge in [0.05, 0.1) is 18.0 Å². The molecule has 0 spiro atoms. The van der Waals surface area contributed by atoms with E-state index in [2.05, 4.69) is 41.0 Å². The largest absolute Gasteiger partial charge is 0.352 e. The lowest BCUT2D eigenvalue weighted by molar-refractivity contribution is 0.803. The Morgan fingerprint density at radius 2 is 1.86 bits per heavy atom. The number of halogens is 1. The number of rotatable bonds is 3. The van der Waals surface area contributed by atoms with Crippen molar-refractivity contribution in [3.63, 3.8) is 0 Å². The van der Waals surface area contributed by atoms with Crippen molar-refractivity contribution in [1.82, 2.24) is 0 Å². The van der Waals surface area contributed by atoms with Crippen molar-refractivity contribution in [3.8, 4) is 0 Å². The highest BCUT2D eigenvalue weighted by Crippen LogP contribution is 2.34. The number of anilines is 2. The number of alkyl halides is 1. The van der Waals surface area contributed by atoms with E-state index in [1.807, 2.05) is 0 Å². The predicted molar refractivity (Wildman–Crippen MR) is 62.4 cm³/mol. The van der Waals surface area contributed by atoms with E-state index in [1.54, 1.807) is 0 Å². The lowest BCUT2D eigenvalue weighted by Gasteiger charge is -2.19. The van der Waals surface area contributed by atoms with Gasteiger partial charge in [-0.3, -0.25) is 0 Å². The maximum Gasteiger partial charge on any atom is 0.0904 e. The van der Waals surface area contributed by atoms with E-state index in [0.717, 1.165) is 19.8 Å². The summed E-state index contributed by atoms with van der Waals surface area (Å²) in [4.78, 5) is 4.69. The molecule has 0 atom stereocenters. The van der Waals surface area contributed by atoms with Crippen LogP contribution in [0.5, 0.6) is 0 Å². The summed E-state index contributed by atoms with van der Waals surface area (Å²) in [7, 11) is 0. The summed E-state index contributed by atoms with van der Waals surface area (Å²) in [5.74, 6) is 0.686. The van der Waals surface area contributed by atoms with Gasteiger partial charge in [0.25, 0.3) is 0 Å². The van der Waals surface area contributed by atoms with Crippen LogP contribution >= 0.6 is 11.6 Å². The molecule has 76 valence electrons. The molecule has 2 rings (SSSR count). The van der Waals surface area contributed by atoms with Crippen molar-refractivity contribution < 1.29 is 0 Å². The van der Waals surface area contributed by atoms with Crippen LogP contribution in [0.1, 0.15) is 6.92 Å². The van der Waals surface area contributed by atoms with E-state index >= 15 is 0 Å². The molecule has 0 aliphatic carbocycles. The van der Waals surface area contributed by atoms with Gasteiger partial charge in [-0.15, -0.1) is 11.6 Å². The number of para-hydroxylation sites is 2. The Morgan fingerprint density at radius 1 is 1.21 bits per heavy atom. The zero-order valence-electron chi connectivity index (χ0n) is 8.41. The van der Waals surface area contributed by atoms with Crippen LogP contribution in [0.25, 0.3) is 0 Å². The van der Waals surface area contributed by atoms with E-state index in [1.165, 1.54) is 11.4 Å². The minimum absolute atomic E-state index is 0.686. The Hall–Kier alpha value is -0.890. The van der Waals surface area contributed by atoms with Crippen LogP contribution in [0.2, 0.25) is 0 Å². The summed E-state index contributed by atoms with van der Waals surface area (Å²) >= 11 is 5.78.